The Bertz CT molecular complexity index is 946. The fourth-order valence-corrected chi connectivity index (χ4v) is 7.59. The standard InChI is InChI=1S/C19H22N2O4S3/c22-18(20-15-6-4-5-14(13-15)19-26-11-12-27-19)16-7-8-17(25-16)28(23,24)21-9-2-1-3-10-21/h4-8,13,19H,1-3,9-12H2,(H,20,22). The molecule has 0 atom stereocenters. The van der Waals surface area contributed by atoms with Crippen LogP contribution in [0.3, 0.4) is 0 Å². The Kier molecular flexibility index (Phi) is 6.05. The lowest BCUT2D eigenvalue weighted by atomic mass is 10.2. The number of rotatable bonds is 5. The van der Waals surface area contributed by atoms with Crippen LogP contribution in [-0.4, -0.2) is 43.2 Å². The summed E-state index contributed by atoms with van der Waals surface area (Å²) >= 11 is 3.80. The number of hydrogen-bond donors (Lipinski definition) is 1. The zero-order valence-corrected chi connectivity index (χ0v) is 17.7. The van der Waals surface area contributed by atoms with Gasteiger partial charge in [-0.1, -0.05) is 18.6 Å². The van der Waals surface area contributed by atoms with Gasteiger partial charge in [-0.15, -0.1) is 23.5 Å². The number of benzene rings is 1. The van der Waals surface area contributed by atoms with Crippen LogP contribution in [0.25, 0.3) is 0 Å². The molecule has 0 radical (unpaired) electrons. The van der Waals surface area contributed by atoms with Gasteiger partial charge in [0.15, 0.2) is 5.76 Å². The van der Waals surface area contributed by atoms with Gasteiger partial charge in [-0.2, -0.15) is 4.31 Å². The van der Waals surface area contributed by atoms with Crippen molar-refractivity contribution in [1.82, 2.24) is 4.31 Å². The van der Waals surface area contributed by atoms with E-state index in [0.717, 1.165) is 36.3 Å². The highest BCUT2D eigenvalue weighted by Crippen LogP contribution is 2.45. The molecule has 150 valence electrons. The Morgan fingerprint density at radius 2 is 1.82 bits per heavy atom. The van der Waals surface area contributed by atoms with E-state index in [9.17, 15) is 13.2 Å². The van der Waals surface area contributed by atoms with Gasteiger partial charge in [0.05, 0.1) is 4.58 Å². The van der Waals surface area contributed by atoms with Gasteiger partial charge >= 0.3 is 0 Å². The first kappa shape index (κ1) is 19.9. The van der Waals surface area contributed by atoms with E-state index in [1.807, 2.05) is 41.7 Å². The van der Waals surface area contributed by atoms with Crippen LogP contribution in [0.4, 0.5) is 5.69 Å². The molecule has 9 heteroatoms. The van der Waals surface area contributed by atoms with E-state index < -0.39 is 15.9 Å². The van der Waals surface area contributed by atoms with E-state index in [2.05, 4.69) is 11.4 Å². The van der Waals surface area contributed by atoms with E-state index in [4.69, 9.17) is 4.42 Å². The van der Waals surface area contributed by atoms with E-state index in [1.54, 1.807) is 0 Å². The number of sulfonamides is 1. The van der Waals surface area contributed by atoms with Gasteiger partial charge in [0.2, 0.25) is 5.09 Å². The second kappa shape index (κ2) is 8.52. The quantitative estimate of drug-likeness (QED) is 0.754. The average molecular weight is 439 g/mol. The van der Waals surface area contributed by atoms with Crippen molar-refractivity contribution >= 4 is 45.1 Å². The zero-order chi connectivity index (χ0) is 19.6. The van der Waals surface area contributed by atoms with Gasteiger partial charge in [-0.05, 0) is 42.7 Å². The van der Waals surface area contributed by atoms with E-state index >= 15 is 0 Å². The maximum atomic E-state index is 12.7. The van der Waals surface area contributed by atoms with Crippen molar-refractivity contribution in [2.75, 3.05) is 29.9 Å². The molecule has 6 nitrogen and oxygen atoms in total. The maximum Gasteiger partial charge on any atom is 0.291 e. The van der Waals surface area contributed by atoms with Crippen molar-refractivity contribution in [2.45, 2.75) is 28.9 Å². The van der Waals surface area contributed by atoms with Crippen LogP contribution in [0.5, 0.6) is 0 Å². The number of nitrogens with zero attached hydrogens (tertiary/aromatic N) is 1. The predicted molar refractivity (Wildman–Crippen MR) is 113 cm³/mol. The third-order valence-electron chi connectivity index (χ3n) is 4.75. The molecule has 1 aromatic carbocycles. The number of anilines is 1. The topological polar surface area (TPSA) is 79.6 Å². The van der Waals surface area contributed by atoms with E-state index in [-0.39, 0.29) is 10.9 Å². The van der Waals surface area contributed by atoms with Crippen LogP contribution >= 0.6 is 23.5 Å². The summed E-state index contributed by atoms with van der Waals surface area (Å²) in [7, 11) is -3.68. The fourth-order valence-electron chi connectivity index (χ4n) is 3.32. The van der Waals surface area contributed by atoms with Crippen LogP contribution in [0, 0.1) is 0 Å². The van der Waals surface area contributed by atoms with Crippen molar-refractivity contribution in [1.29, 1.82) is 0 Å². The first-order valence-corrected chi connectivity index (χ1v) is 12.8. The second-order valence-corrected chi connectivity index (χ2v) is 11.3. The first-order valence-electron chi connectivity index (χ1n) is 9.28. The summed E-state index contributed by atoms with van der Waals surface area (Å²) in [4.78, 5) is 12.5. The lowest BCUT2D eigenvalue weighted by Gasteiger charge is -2.24. The first-order chi connectivity index (χ1) is 13.5. The number of piperidine rings is 1. The Morgan fingerprint density at radius 1 is 1.07 bits per heavy atom. The summed E-state index contributed by atoms with van der Waals surface area (Å²) in [5.74, 6) is 1.80. The summed E-state index contributed by atoms with van der Waals surface area (Å²) in [5, 5.41) is 2.63. The molecule has 2 saturated heterocycles. The van der Waals surface area contributed by atoms with Gasteiger partial charge < -0.3 is 9.73 Å². The van der Waals surface area contributed by atoms with Crippen molar-refractivity contribution in [2.24, 2.45) is 0 Å². The monoisotopic (exact) mass is 438 g/mol. The molecule has 4 rings (SSSR count). The zero-order valence-electron chi connectivity index (χ0n) is 15.3. The second-order valence-electron chi connectivity index (χ2n) is 6.74. The molecule has 0 spiro atoms. The number of thioether (sulfide) groups is 2. The highest BCUT2D eigenvalue weighted by molar-refractivity contribution is 8.19. The third kappa shape index (κ3) is 4.27. The number of carbonyl (C=O) groups excluding carboxylic acids is 1. The number of carbonyl (C=O) groups is 1. The van der Waals surface area contributed by atoms with E-state index in [1.165, 1.54) is 16.4 Å². The van der Waals surface area contributed by atoms with Crippen LogP contribution < -0.4 is 5.32 Å². The molecule has 28 heavy (non-hydrogen) atoms. The molecule has 0 bridgehead atoms. The lowest BCUT2D eigenvalue weighted by Crippen LogP contribution is -2.35. The minimum absolute atomic E-state index is 0.00870. The molecule has 1 aromatic heterocycles. The molecule has 3 heterocycles. The molecule has 2 aliphatic rings. The van der Waals surface area contributed by atoms with Crippen molar-refractivity contribution in [3.05, 3.63) is 47.7 Å². The normalized spacial score (nSPS) is 19.0. The molecule has 2 aromatic rings. The Hall–Kier alpha value is -1.42. The lowest BCUT2D eigenvalue weighted by molar-refractivity contribution is 0.0991. The number of furan rings is 1. The van der Waals surface area contributed by atoms with Gasteiger partial charge in [-0.3, -0.25) is 4.79 Å². The molecule has 2 aliphatic heterocycles. The Morgan fingerprint density at radius 3 is 2.57 bits per heavy atom. The van der Waals surface area contributed by atoms with Crippen molar-refractivity contribution < 1.29 is 17.6 Å². The average Bonchev–Trinajstić information content (AvgIpc) is 3.41. The summed E-state index contributed by atoms with van der Waals surface area (Å²) in [5.41, 5.74) is 1.84. The summed E-state index contributed by atoms with van der Waals surface area (Å²) in [6.45, 7) is 0.989. The molecule has 0 unspecified atom stereocenters. The molecule has 2 fully saturated rings. The predicted octanol–water partition coefficient (Wildman–Crippen LogP) is 4.19. The molecule has 1 amide bonds. The highest BCUT2D eigenvalue weighted by Gasteiger charge is 2.29. The summed E-state index contributed by atoms with van der Waals surface area (Å²) < 4.78 is 32.6. The SMILES string of the molecule is O=C(Nc1cccc(C2SCCS2)c1)c1ccc(S(=O)(=O)N2CCCCC2)o1. The maximum absolute atomic E-state index is 12.7. The van der Waals surface area contributed by atoms with Crippen LogP contribution in [0.1, 0.15) is 40.0 Å². The van der Waals surface area contributed by atoms with Crippen molar-refractivity contribution in [3.8, 4) is 0 Å². The molecular formula is C19H22N2O4S3. The highest BCUT2D eigenvalue weighted by atomic mass is 32.2. The Labute approximate surface area is 173 Å². The molecule has 1 N–H and O–H groups in total. The Balaban J connectivity index is 1.47. The number of hydrogen-bond acceptors (Lipinski definition) is 6. The molecular weight excluding hydrogens is 416 g/mol. The molecule has 0 saturated carbocycles. The summed E-state index contributed by atoms with van der Waals surface area (Å²) in [6.07, 6.45) is 2.73. The smallest absolute Gasteiger partial charge is 0.291 e. The number of amides is 1. The minimum Gasteiger partial charge on any atom is -0.438 e. The van der Waals surface area contributed by atoms with Gasteiger partial charge in [0.25, 0.3) is 15.9 Å². The van der Waals surface area contributed by atoms with Gasteiger partial charge in [0, 0.05) is 30.3 Å². The van der Waals surface area contributed by atoms with Crippen LogP contribution in [0.15, 0.2) is 45.9 Å². The third-order valence-corrected chi connectivity index (χ3v) is 9.63. The fraction of sp³-hybridized carbons (Fsp3) is 0.421. The van der Waals surface area contributed by atoms with Crippen LogP contribution in [0.2, 0.25) is 0 Å². The largest absolute Gasteiger partial charge is 0.438 e. The van der Waals surface area contributed by atoms with Crippen LogP contribution in [-0.2, 0) is 10.0 Å². The van der Waals surface area contributed by atoms with Gasteiger partial charge in [-0.25, -0.2) is 8.42 Å². The molecule has 0 aliphatic carbocycles. The van der Waals surface area contributed by atoms with Crippen molar-refractivity contribution in [3.63, 3.8) is 0 Å². The minimum atomic E-state index is -3.68. The van der Waals surface area contributed by atoms with E-state index in [0.29, 0.717) is 23.4 Å². The van der Waals surface area contributed by atoms with Gasteiger partial charge in [0.1, 0.15) is 0 Å². The summed E-state index contributed by atoms with van der Waals surface area (Å²) in [6, 6.07) is 10.5. The number of nitrogens with one attached hydrogen (secondary N) is 1.